The summed E-state index contributed by atoms with van der Waals surface area (Å²) < 4.78 is 0. The Bertz CT molecular complexity index is 642. The van der Waals surface area contributed by atoms with Crippen LogP contribution in [0.2, 0.25) is 0 Å². The molecule has 1 unspecified atom stereocenters. The van der Waals surface area contributed by atoms with Crippen LogP contribution in [0.5, 0.6) is 0 Å². The molecule has 0 bridgehead atoms. The summed E-state index contributed by atoms with van der Waals surface area (Å²) in [6, 6.07) is 9.10. The van der Waals surface area contributed by atoms with Gasteiger partial charge < -0.3 is 16.0 Å². The van der Waals surface area contributed by atoms with E-state index in [0.29, 0.717) is 12.0 Å². The summed E-state index contributed by atoms with van der Waals surface area (Å²) in [5, 5.41) is 9.64. The fourth-order valence-corrected chi connectivity index (χ4v) is 3.44. The average molecular weight is 388 g/mol. The Balaban J connectivity index is 2.03. The standard InChI is InChI=1S/C22H37N5O/c1-6-23-21(25-16-20(28)26-22(3,4)5)24-15-19(27-13-7-8-14-27)18-11-9-17(2)10-12-18/h9-12,19H,6-8,13-16H2,1-5H3,(H,26,28)(H2,23,24,25). The van der Waals surface area contributed by atoms with Crippen molar-refractivity contribution in [1.29, 1.82) is 0 Å². The molecule has 0 radical (unpaired) electrons. The smallest absolute Gasteiger partial charge is 0.242 e. The van der Waals surface area contributed by atoms with Crippen molar-refractivity contribution in [2.24, 2.45) is 4.99 Å². The lowest BCUT2D eigenvalue weighted by atomic mass is 10.0. The molecule has 1 heterocycles. The van der Waals surface area contributed by atoms with Gasteiger partial charge in [0.1, 0.15) is 6.54 Å². The largest absolute Gasteiger partial charge is 0.357 e. The van der Waals surface area contributed by atoms with Crippen LogP contribution in [0.25, 0.3) is 0 Å². The van der Waals surface area contributed by atoms with Crippen LogP contribution in [0, 0.1) is 6.92 Å². The van der Waals surface area contributed by atoms with Gasteiger partial charge in [0, 0.05) is 18.6 Å². The number of nitrogens with zero attached hydrogens (tertiary/aromatic N) is 2. The van der Waals surface area contributed by atoms with Crippen molar-refractivity contribution in [2.45, 2.75) is 59.0 Å². The minimum absolute atomic E-state index is 0.0701. The molecule has 0 spiro atoms. The summed E-state index contributed by atoms with van der Waals surface area (Å²) >= 11 is 0. The predicted octanol–water partition coefficient (Wildman–Crippen LogP) is 2.60. The first-order valence-electron chi connectivity index (χ1n) is 10.4. The van der Waals surface area contributed by atoms with E-state index in [2.05, 4.69) is 57.0 Å². The van der Waals surface area contributed by atoms with Gasteiger partial charge in [-0.15, -0.1) is 0 Å². The van der Waals surface area contributed by atoms with Gasteiger partial charge in [-0.25, -0.2) is 4.99 Å². The Kier molecular flexibility index (Phi) is 8.30. The number of rotatable bonds is 7. The first kappa shape index (κ1) is 22.2. The van der Waals surface area contributed by atoms with Crippen molar-refractivity contribution in [3.8, 4) is 0 Å². The summed E-state index contributed by atoms with van der Waals surface area (Å²) in [6.07, 6.45) is 2.51. The first-order chi connectivity index (χ1) is 13.3. The molecule has 0 aromatic heterocycles. The van der Waals surface area contributed by atoms with Gasteiger partial charge in [0.25, 0.3) is 0 Å². The molecule has 0 saturated carbocycles. The number of hydrogen-bond acceptors (Lipinski definition) is 3. The first-order valence-corrected chi connectivity index (χ1v) is 10.4. The molecular formula is C22H37N5O. The van der Waals surface area contributed by atoms with Crippen LogP contribution in [-0.2, 0) is 4.79 Å². The molecular weight excluding hydrogens is 350 g/mol. The normalized spacial score (nSPS) is 16.7. The maximum atomic E-state index is 12.1. The third kappa shape index (κ3) is 7.50. The van der Waals surface area contributed by atoms with Gasteiger partial charge in [-0.05, 0) is 66.1 Å². The van der Waals surface area contributed by atoms with Gasteiger partial charge in [-0.2, -0.15) is 0 Å². The second-order valence-electron chi connectivity index (χ2n) is 8.54. The van der Waals surface area contributed by atoms with E-state index in [9.17, 15) is 4.79 Å². The van der Waals surface area contributed by atoms with Crippen molar-refractivity contribution in [1.82, 2.24) is 20.9 Å². The van der Waals surface area contributed by atoms with E-state index in [1.165, 1.54) is 24.0 Å². The molecule has 1 aliphatic heterocycles. The molecule has 1 aromatic rings. The number of hydrogen-bond donors (Lipinski definition) is 3. The zero-order chi connectivity index (χ0) is 20.6. The number of aliphatic imine (C=N–C) groups is 1. The van der Waals surface area contributed by atoms with Crippen molar-refractivity contribution >= 4 is 11.9 Å². The molecule has 6 heteroatoms. The molecule has 1 amide bonds. The molecule has 1 fully saturated rings. The van der Waals surface area contributed by atoms with Crippen LogP contribution in [0.15, 0.2) is 29.3 Å². The van der Waals surface area contributed by atoms with Crippen LogP contribution in [0.3, 0.4) is 0 Å². The van der Waals surface area contributed by atoms with Gasteiger partial charge in [-0.1, -0.05) is 29.8 Å². The highest BCUT2D eigenvalue weighted by Gasteiger charge is 2.23. The summed E-state index contributed by atoms with van der Waals surface area (Å²) in [7, 11) is 0. The average Bonchev–Trinajstić information content (AvgIpc) is 3.14. The molecule has 2 rings (SSSR count). The Morgan fingerprint density at radius 2 is 1.79 bits per heavy atom. The second kappa shape index (κ2) is 10.5. The maximum absolute atomic E-state index is 12.1. The Labute approximate surface area is 170 Å². The number of aryl methyl sites for hydroxylation is 1. The zero-order valence-electron chi connectivity index (χ0n) is 18.1. The van der Waals surface area contributed by atoms with Gasteiger partial charge >= 0.3 is 0 Å². The third-order valence-corrected chi connectivity index (χ3v) is 4.75. The number of carbonyl (C=O) groups is 1. The summed E-state index contributed by atoms with van der Waals surface area (Å²) in [5.41, 5.74) is 2.35. The van der Waals surface area contributed by atoms with E-state index >= 15 is 0 Å². The van der Waals surface area contributed by atoms with Crippen LogP contribution >= 0.6 is 0 Å². The molecule has 1 saturated heterocycles. The molecule has 6 nitrogen and oxygen atoms in total. The van der Waals surface area contributed by atoms with Gasteiger partial charge in [-0.3, -0.25) is 9.69 Å². The number of nitrogens with one attached hydrogen (secondary N) is 3. The van der Waals surface area contributed by atoms with E-state index in [-0.39, 0.29) is 18.0 Å². The summed E-state index contributed by atoms with van der Waals surface area (Å²) in [6.45, 7) is 14.0. The monoisotopic (exact) mass is 387 g/mol. The SMILES string of the molecule is CCNC(=NCC(=O)NC(C)(C)C)NCC(c1ccc(C)cc1)N1CCCC1. The highest BCUT2D eigenvalue weighted by atomic mass is 16.2. The lowest BCUT2D eigenvalue weighted by Crippen LogP contribution is -2.44. The molecule has 28 heavy (non-hydrogen) atoms. The Morgan fingerprint density at radius 1 is 1.14 bits per heavy atom. The van der Waals surface area contributed by atoms with E-state index in [1.54, 1.807) is 0 Å². The molecule has 156 valence electrons. The van der Waals surface area contributed by atoms with Crippen LogP contribution in [0.1, 0.15) is 57.7 Å². The van der Waals surface area contributed by atoms with Crippen molar-refractivity contribution in [3.05, 3.63) is 35.4 Å². The summed E-state index contributed by atoms with van der Waals surface area (Å²) in [4.78, 5) is 19.1. The summed E-state index contributed by atoms with van der Waals surface area (Å²) in [5.74, 6) is 0.613. The van der Waals surface area contributed by atoms with Crippen molar-refractivity contribution in [3.63, 3.8) is 0 Å². The fourth-order valence-electron chi connectivity index (χ4n) is 3.44. The van der Waals surface area contributed by atoms with Gasteiger partial charge in [0.2, 0.25) is 5.91 Å². The quantitative estimate of drug-likeness (QED) is 0.497. The molecule has 1 atom stereocenters. The lowest BCUT2D eigenvalue weighted by molar-refractivity contribution is -0.121. The van der Waals surface area contributed by atoms with Gasteiger partial charge in [0.05, 0.1) is 6.04 Å². The second-order valence-corrected chi connectivity index (χ2v) is 8.54. The zero-order valence-corrected chi connectivity index (χ0v) is 18.1. The number of benzene rings is 1. The van der Waals surface area contributed by atoms with E-state index in [1.807, 2.05) is 27.7 Å². The number of amides is 1. The van der Waals surface area contributed by atoms with Gasteiger partial charge in [0.15, 0.2) is 5.96 Å². The van der Waals surface area contributed by atoms with Crippen LogP contribution in [0.4, 0.5) is 0 Å². The Morgan fingerprint density at radius 3 is 2.36 bits per heavy atom. The fraction of sp³-hybridized carbons (Fsp3) is 0.636. The molecule has 1 aliphatic rings. The number of carbonyl (C=O) groups excluding carboxylic acids is 1. The van der Waals surface area contributed by atoms with Crippen molar-refractivity contribution in [2.75, 3.05) is 32.7 Å². The number of likely N-dealkylation sites (tertiary alicyclic amines) is 1. The predicted molar refractivity (Wildman–Crippen MR) is 117 cm³/mol. The van der Waals surface area contributed by atoms with Crippen molar-refractivity contribution < 1.29 is 4.79 Å². The molecule has 1 aromatic carbocycles. The highest BCUT2D eigenvalue weighted by Crippen LogP contribution is 2.24. The topological polar surface area (TPSA) is 68.8 Å². The minimum atomic E-state index is -0.245. The molecule has 0 aliphatic carbocycles. The van der Waals surface area contributed by atoms with Crippen LogP contribution < -0.4 is 16.0 Å². The molecule has 3 N–H and O–H groups in total. The van der Waals surface area contributed by atoms with E-state index in [0.717, 1.165) is 26.2 Å². The highest BCUT2D eigenvalue weighted by molar-refractivity contribution is 5.85. The minimum Gasteiger partial charge on any atom is -0.357 e. The lowest BCUT2D eigenvalue weighted by Gasteiger charge is -2.29. The van der Waals surface area contributed by atoms with Crippen LogP contribution in [-0.4, -0.2) is 55.0 Å². The van der Waals surface area contributed by atoms with E-state index < -0.39 is 0 Å². The maximum Gasteiger partial charge on any atom is 0.242 e. The number of guanidine groups is 1. The van der Waals surface area contributed by atoms with E-state index in [4.69, 9.17) is 0 Å². The third-order valence-electron chi connectivity index (χ3n) is 4.75. The Hall–Kier alpha value is -2.08.